The Labute approximate surface area is 165 Å². The van der Waals surface area contributed by atoms with Gasteiger partial charge in [-0.3, -0.25) is 4.98 Å². The summed E-state index contributed by atoms with van der Waals surface area (Å²) in [6.45, 7) is 4.21. The average molecular weight is 379 g/mol. The van der Waals surface area contributed by atoms with Crippen molar-refractivity contribution in [2.45, 2.75) is 26.3 Å². The third-order valence-electron chi connectivity index (χ3n) is 4.31. The summed E-state index contributed by atoms with van der Waals surface area (Å²) in [5.41, 5.74) is 2.29. The van der Waals surface area contributed by atoms with Gasteiger partial charge in [0.2, 0.25) is 5.95 Å². The maximum absolute atomic E-state index is 5.47. The first kappa shape index (κ1) is 19.4. The second-order valence-electron chi connectivity index (χ2n) is 6.32. The molecule has 0 aliphatic heterocycles. The zero-order valence-corrected chi connectivity index (χ0v) is 16.6. The molecule has 0 amide bonds. The Bertz CT molecular complexity index is 918. The van der Waals surface area contributed by atoms with Gasteiger partial charge in [-0.15, -0.1) is 0 Å². The van der Waals surface area contributed by atoms with Gasteiger partial charge in [0, 0.05) is 24.4 Å². The van der Waals surface area contributed by atoms with Crippen LogP contribution in [-0.2, 0) is 0 Å². The van der Waals surface area contributed by atoms with E-state index >= 15 is 0 Å². The highest BCUT2D eigenvalue weighted by Crippen LogP contribution is 2.32. The SMILES string of the molecule is CC[C@H](C)Nc1nc(Nc2ccc(OC)cc2OC)cc(-c2ccccn2)n1. The highest BCUT2D eigenvalue weighted by atomic mass is 16.5. The lowest BCUT2D eigenvalue weighted by molar-refractivity contribution is 0.395. The maximum atomic E-state index is 5.47. The van der Waals surface area contributed by atoms with Crippen molar-refractivity contribution in [1.29, 1.82) is 0 Å². The number of ether oxygens (including phenoxy) is 2. The molecular weight excluding hydrogens is 354 g/mol. The van der Waals surface area contributed by atoms with Gasteiger partial charge in [-0.2, -0.15) is 4.98 Å². The first-order chi connectivity index (χ1) is 13.6. The zero-order chi connectivity index (χ0) is 19.9. The van der Waals surface area contributed by atoms with Crippen LogP contribution >= 0.6 is 0 Å². The molecular formula is C21H25N5O2. The molecule has 146 valence electrons. The van der Waals surface area contributed by atoms with Gasteiger partial charge in [-0.05, 0) is 37.6 Å². The number of hydrogen-bond acceptors (Lipinski definition) is 7. The summed E-state index contributed by atoms with van der Waals surface area (Å²) in [4.78, 5) is 13.6. The molecule has 3 aromatic rings. The van der Waals surface area contributed by atoms with Crippen molar-refractivity contribution in [3.05, 3.63) is 48.7 Å². The molecule has 7 nitrogen and oxygen atoms in total. The Kier molecular flexibility index (Phi) is 6.26. The Balaban J connectivity index is 1.99. The fourth-order valence-corrected chi connectivity index (χ4v) is 2.58. The molecule has 0 aliphatic carbocycles. The number of rotatable bonds is 8. The molecule has 1 atom stereocenters. The number of anilines is 3. The second kappa shape index (κ2) is 9.03. The maximum Gasteiger partial charge on any atom is 0.225 e. The third kappa shape index (κ3) is 4.68. The number of nitrogens with one attached hydrogen (secondary N) is 2. The van der Waals surface area contributed by atoms with E-state index in [0.717, 1.165) is 29.2 Å². The molecule has 2 aromatic heterocycles. The third-order valence-corrected chi connectivity index (χ3v) is 4.31. The van der Waals surface area contributed by atoms with Crippen molar-refractivity contribution in [2.75, 3.05) is 24.9 Å². The van der Waals surface area contributed by atoms with Crippen LogP contribution in [0.1, 0.15) is 20.3 Å². The predicted molar refractivity (Wildman–Crippen MR) is 111 cm³/mol. The Morgan fingerprint density at radius 2 is 1.86 bits per heavy atom. The molecule has 0 fully saturated rings. The van der Waals surface area contributed by atoms with Gasteiger partial charge in [0.1, 0.15) is 17.3 Å². The molecule has 0 saturated heterocycles. The fraction of sp³-hybridized carbons (Fsp3) is 0.286. The monoisotopic (exact) mass is 379 g/mol. The highest BCUT2D eigenvalue weighted by molar-refractivity contribution is 5.69. The van der Waals surface area contributed by atoms with Crippen molar-refractivity contribution in [1.82, 2.24) is 15.0 Å². The molecule has 2 heterocycles. The molecule has 0 aliphatic rings. The summed E-state index contributed by atoms with van der Waals surface area (Å²) in [6.07, 6.45) is 2.71. The van der Waals surface area contributed by atoms with Gasteiger partial charge in [-0.25, -0.2) is 4.98 Å². The lowest BCUT2D eigenvalue weighted by Crippen LogP contribution is -2.16. The minimum Gasteiger partial charge on any atom is -0.497 e. The first-order valence-electron chi connectivity index (χ1n) is 9.19. The summed E-state index contributed by atoms with van der Waals surface area (Å²) in [5, 5.41) is 6.65. The van der Waals surface area contributed by atoms with Gasteiger partial charge in [0.25, 0.3) is 0 Å². The van der Waals surface area contributed by atoms with Crippen LogP contribution < -0.4 is 20.1 Å². The quantitative estimate of drug-likeness (QED) is 0.596. The minimum atomic E-state index is 0.252. The largest absolute Gasteiger partial charge is 0.497 e. The molecule has 28 heavy (non-hydrogen) atoms. The number of benzene rings is 1. The fourth-order valence-electron chi connectivity index (χ4n) is 2.58. The molecule has 3 rings (SSSR count). The standard InChI is InChI=1S/C21H25N5O2/c1-5-14(2)23-21-25-18(16-8-6-7-11-22-16)13-20(26-21)24-17-10-9-15(27-3)12-19(17)28-4/h6-14H,5H2,1-4H3,(H2,23,24,25,26)/t14-/m0/s1. The van der Waals surface area contributed by atoms with Gasteiger partial charge in [0.15, 0.2) is 0 Å². The van der Waals surface area contributed by atoms with Crippen LogP contribution in [0.4, 0.5) is 17.5 Å². The lowest BCUT2D eigenvalue weighted by Gasteiger charge is -2.16. The van der Waals surface area contributed by atoms with E-state index < -0.39 is 0 Å². The van der Waals surface area contributed by atoms with Crippen LogP contribution in [0.5, 0.6) is 11.5 Å². The number of methoxy groups -OCH3 is 2. The number of pyridine rings is 1. The summed E-state index contributed by atoms with van der Waals surface area (Å²) >= 11 is 0. The van der Waals surface area contributed by atoms with E-state index in [2.05, 4.69) is 39.4 Å². The Hall–Kier alpha value is -3.35. The topological polar surface area (TPSA) is 81.2 Å². The van der Waals surface area contributed by atoms with Crippen molar-refractivity contribution < 1.29 is 9.47 Å². The molecule has 7 heteroatoms. The first-order valence-corrected chi connectivity index (χ1v) is 9.19. The molecule has 0 saturated carbocycles. The van der Waals surface area contributed by atoms with E-state index in [0.29, 0.717) is 17.5 Å². The van der Waals surface area contributed by atoms with Crippen molar-refractivity contribution in [3.8, 4) is 22.9 Å². The number of nitrogens with zero attached hydrogens (tertiary/aromatic N) is 3. The van der Waals surface area contributed by atoms with Crippen LogP contribution in [0.3, 0.4) is 0 Å². The summed E-state index contributed by atoms with van der Waals surface area (Å²) < 4.78 is 10.7. The van der Waals surface area contributed by atoms with E-state index in [1.54, 1.807) is 20.4 Å². The molecule has 0 unspecified atom stereocenters. The highest BCUT2D eigenvalue weighted by Gasteiger charge is 2.12. The van der Waals surface area contributed by atoms with Gasteiger partial charge in [-0.1, -0.05) is 13.0 Å². The summed E-state index contributed by atoms with van der Waals surface area (Å²) in [7, 11) is 3.24. The molecule has 0 spiro atoms. The molecule has 0 bridgehead atoms. The van der Waals surface area contributed by atoms with Crippen LogP contribution in [0, 0.1) is 0 Å². The number of aromatic nitrogens is 3. The van der Waals surface area contributed by atoms with E-state index in [4.69, 9.17) is 9.47 Å². The average Bonchev–Trinajstić information content (AvgIpc) is 2.74. The normalized spacial score (nSPS) is 11.6. The van der Waals surface area contributed by atoms with Crippen LogP contribution in [0.25, 0.3) is 11.4 Å². The number of hydrogen-bond donors (Lipinski definition) is 2. The molecule has 2 N–H and O–H groups in total. The van der Waals surface area contributed by atoms with Gasteiger partial charge >= 0.3 is 0 Å². The molecule has 0 radical (unpaired) electrons. The predicted octanol–water partition coefficient (Wildman–Crippen LogP) is 4.51. The van der Waals surface area contributed by atoms with Gasteiger partial charge in [0.05, 0.1) is 31.3 Å². The second-order valence-corrected chi connectivity index (χ2v) is 6.32. The Morgan fingerprint density at radius 3 is 2.54 bits per heavy atom. The van der Waals surface area contributed by atoms with E-state index in [1.165, 1.54) is 0 Å². The van der Waals surface area contributed by atoms with Crippen LogP contribution in [0.2, 0.25) is 0 Å². The van der Waals surface area contributed by atoms with Crippen molar-refractivity contribution >= 4 is 17.5 Å². The van der Waals surface area contributed by atoms with Crippen molar-refractivity contribution in [3.63, 3.8) is 0 Å². The lowest BCUT2D eigenvalue weighted by atomic mass is 10.2. The smallest absolute Gasteiger partial charge is 0.225 e. The minimum absolute atomic E-state index is 0.252. The van der Waals surface area contributed by atoms with Gasteiger partial charge < -0.3 is 20.1 Å². The molecule has 1 aromatic carbocycles. The Morgan fingerprint density at radius 1 is 1.00 bits per heavy atom. The van der Waals surface area contributed by atoms with E-state index in [1.807, 2.05) is 42.5 Å². The van der Waals surface area contributed by atoms with Crippen molar-refractivity contribution in [2.24, 2.45) is 0 Å². The van der Waals surface area contributed by atoms with E-state index in [-0.39, 0.29) is 6.04 Å². The summed E-state index contributed by atoms with van der Waals surface area (Å²) in [5.74, 6) is 2.57. The summed E-state index contributed by atoms with van der Waals surface area (Å²) in [6, 6.07) is 13.4. The van der Waals surface area contributed by atoms with Crippen LogP contribution in [0.15, 0.2) is 48.7 Å². The van der Waals surface area contributed by atoms with Crippen LogP contribution in [-0.4, -0.2) is 35.2 Å². The van der Waals surface area contributed by atoms with E-state index in [9.17, 15) is 0 Å². The zero-order valence-electron chi connectivity index (χ0n) is 16.6.